The maximum Gasteiger partial charge on any atom is 0.265 e. The molecule has 7 heteroatoms. The summed E-state index contributed by atoms with van der Waals surface area (Å²) < 4.78 is 30.5. The van der Waals surface area contributed by atoms with Gasteiger partial charge in [0.1, 0.15) is 16.5 Å². The summed E-state index contributed by atoms with van der Waals surface area (Å²) in [5.41, 5.74) is 0.702. The van der Waals surface area contributed by atoms with Gasteiger partial charge in [-0.2, -0.15) is 0 Å². The molecule has 0 saturated carbocycles. The Morgan fingerprint density at radius 2 is 2.20 bits per heavy atom. The Balaban J connectivity index is 2.17. The van der Waals surface area contributed by atoms with Crippen LogP contribution in [0.4, 0.5) is 8.78 Å². The molecular formula is C13H13F2N3OS. The zero-order chi connectivity index (χ0) is 14.7. The number of rotatable bonds is 4. The van der Waals surface area contributed by atoms with Crippen molar-refractivity contribution in [2.45, 2.75) is 26.3 Å². The molecule has 0 radical (unpaired) electrons. The highest BCUT2D eigenvalue weighted by Crippen LogP contribution is 2.19. The Labute approximate surface area is 119 Å². The van der Waals surface area contributed by atoms with Gasteiger partial charge in [-0.1, -0.05) is 11.4 Å². The monoisotopic (exact) mass is 297 g/mol. The number of hydrogen-bond donors (Lipinski definition) is 1. The van der Waals surface area contributed by atoms with E-state index in [9.17, 15) is 13.6 Å². The lowest BCUT2D eigenvalue weighted by Gasteiger charge is -2.14. The van der Waals surface area contributed by atoms with Gasteiger partial charge in [-0.3, -0.25) is 4.79 Å². The summed E-state index contributed by atoms with van der Waals surface area (Å²) in [5.74, 6) is -1.48. The number of carbonyl (C=O) groups excluding carboxylic acids is 1. The van der Waals surface area contributed by atoms with Crippen LogP contribution in [0.5, 0.6) is 0 Å². The van der Waals surface area contributed by atoms with Crippen LogP contribution in [0.2, 0.25) is 0 Å². The van der Waals surface area contributed by atoms with Crippen LogP contribution >= 0.6 is 11.5 Å². The van der Waals surface area contributed by atoms with Crippen LogP contribution in [-0.4, -0.2) is 15.5 Å². The first-order valence-electron chi connectivity index (χ1n) is 6.10. The van der Waals surface area contributed by atoms with Gasteiger partial charge >= 0.3 is 0 Å². The molecular weight excluding hydrogens is 284 g/mol. The predicted molar refractivity (Wildman–Crippen MR) is 71.5 cm³/mol. The Bertz CT molecular complexity index is 630. The second-order valence-electron chi connectivity index (χ2n) is 4.26. The first kappa shape index (κ1) is 14.5. The van der Waals surface area contributed by atoms with Crippen molar-refractivity contribution in [3.63, 3.8) is 0 Å². The second-order valence-corrected chi connectivity index (χ2v) is 5.02. The van der Waals surface area contributed by atoms with Crippen LogP contribution in [0.25, 0.3) is 0 Å². The lowest BCUT2D eigenvalue weighted by atomic mass is 10.1. The van der Waals surface area contributed by atoms with E-state index in [1.54, 1.807) is 6.92 Å². The van der Waals surface area contributed by atoms with E-state index in [1.165, 1.54) is 0 Å². The summed E-state index contributed by atoms with van der Waals surface area (Å²) >= 11 is 0.986. The standard InChI is InChI=1S/C13H13F2N3OS/c1-3-11-12(20-18-17-11)13(19)16-7(2)9-6-8(14)4-5-10(9)15/h4-7H,3H2,1-2H3,(H,16,19)/t7-/m0/s1. The number of nitrogens with one attached hydrogen (secondary N) is 1. The maximum atomic E-state index is 13.6. The highest BCUT2D eigenvalue weighted by Gasteiger charge is 2.19. The van der Waals surface area contributed by atoms with Crippen molar-refractivity contribution >= 4 is 17.4 Å². The molecule has 0 fully saturated rings. The van der Waals surface area contributed by atoms with E-state index in [4.69, 9.17) is 0 Å². The molecule has 0 spiro atoms. The normalized spacial score (nSPS) is 12.2. The summed E-state index contributed by atoms with van der Waals surface area (Å²) in [5, 5.41) is 6.47. The zero-order valence-electron chi connectivity index (χ0n) is 11.0. The van der Waals surface area contributed by atoms with Crippen LogP contribution in [0.3, 0.4) is 0 Å². The third kappa shape index (κ3) is 2.98. The van der Waals surface area contributed by atoms with Crippen molar-refractivity contribution in [1.29, 1.82) is 0 Å². The van der Waals surface area contributed by atoms with Crippen LogP contribution in [0.15, 0.2) is 18.2 Å². The number of nitrogens with zero attached hydrogens (tertiary/aromatic N) is 2. The molecule has 0 bridgehead atoms. The van der Waals surface area contributed by atoms with Crippen LogP contribution in [0, 0.1) is 11.6 Å². The molecule has 1 aromatic heterocycles. The summed E-state index contributed by atoms with van der Waals surface area (Å²) in [6.07, 6.45) is 0.585. The summed E-state index contributed by atoms with van der Waals surface area (Å²) in [4.78, 5) is 12.5. The first-order chi connectivity index (χ1) is 9.52. The highest BCUT2D eigenvalue weighted by molar-refractivity contribution is 7.08. The van der Waals surface area contributed by atoms with Crippen molar-refractivity contribution in [1.82, 2.24) is 14.9 Å². The van der Waals surface area contributed by atoms with Crippen molar-refractivity contribution in [2.24, 2.45) is 0 Å². The molecule has 106 valence electrons. The molecule has 1 aromatic carbocycles. The van der Waals surface area contributed by atoms with E-state index in [1.807, 2.05) is 6.92 Å². The maximum absolute atomic E-state index is 13.6. The molecule has 1 heterocycles. The molecule has 4 nitrogen and oxygen atoms in total. The SMILES string of the molecule is CCc1nnsc1C(=O)N[C@@H](C)c1cc(F)ccc1F. The molecule has 2 aromatic rings. The van der Waals surface area contributed by atoms with Crippen molar-refractivity contribution in [3.8, 4) is 0 Å². The molecule has 0 aliphatic carbocycles. The Hall–Kier alpha value is -1.89. The van der Waals surface area contributed by atoms with Gasteiger partial charge < -0.3 is 5.32 Å². The van der Waals surface area contributed by atoms with E-state index in [2.05, 4.69) is 14.9 Å². The van der Waals surface area contributed by atoms with Crippen LogP contribution in [-0.2, 0) is 6.42 Å². The lowest BCUT2D eigenvalue weighted by molar-refractivity contribution is 0.0942. The topological polar surface area (TPSA) is 54.9 Å². The van der Waals surface area contributed by atoms with Crippen LogP contribution < -0.4 is 5.32 Å². The summed E-state index contributed by atoms with van der Waals surface area (Å²) in [6.45, 7) is 3.46. The van der Waals surface area contributed by atoms with E-state index in [0.29, 0.717) is 17.0 Å². The van der Waals surface area contributed by atoms with Crippen molar-refractivity contribution in [2.75, 3.05) is 0 Å². The fraction of sp³-hybridized carbons (Fsp3) is 0.308. The molecule has 2 rings (SSSR count). The number of halogens is 2. The Morgan fingerprint density at radius 1 is 1.45 bits per heavy atom. The number of aryl methyl sites for hydroxylation is 1. The summed E-state index contributed by atoms with van der Waals surface area (Å²) in [6, 6.07) is 2.51. The van der Waals surface area contributed by atoms with Gasteiger partial charge in [-0.05, 0) is 43.1 Å². The van der Waals surface area contributed by atoms with Gasteiger partial charge in [-0.15, -0.1) is 5.10 Å². The fourth-order valence-corrected chi connectivity index (χ4v) is 2.45. The number of aromatic nitrogens is 2. The molecule has 0 saturated heterocycles. The van der Waals surface area contributed by atoms with Gasteiger partial charge in [0.15, 0.2) is 0 Å². The Morgan fingerprint density at radius 3 is 2.90 bits per heavy atom. The fourth-order valence-electron chi connectivity index (χ4n) is 1.80. The lowest BCUT2D eigenvalue weighted by Crippen LogP contribution is -2.27. The minimum Gasteiger partial charge on any atom is -0.345 e. The van der Waals surface area contributed by atoms with Gasteiger partial charge in [0.2, 0.25) is 0 Å². The smallest absolute Gasteiger partial charge is 0.265 e. The summed E-state index contributed by atoms with van der Waals surface area (Å²) in [7, 11) is 0. The molecule has 1 N–H and O–H groups in total. The predicted octanol–water partition coefficient (Wildman–Crippen LogP) is 2.87. The van der Waals surface area contributed by atoms with E-state index in [-0.39, 0.29) is 11.5 Å². The van der Waals surface area contributed by atoms with Gasteiger partial charge in [0, 0.05) is 5.56 Å². The molecule has 0 aliphatic rings. The largest absolute Gasteiger partial charge is 0.345 e. The average molecular weight is 297 g/mol. The van der Waals surface area contributed by atoms with E-state index < -0.39 is 17.7 Å². The number of hydrogen-bond acceptors (Lipinski definition) is 4. The molecule has 0 unspecified atom stereocenters. The van der Waals surface area contributed by atoms with E-state index >= 15 is 0 Å². The third-order valence-electron chi connectivity index (χ3n) is 2.87. The Kier molecular flexibility index (Phi) is 4.39. The first-order valence-corrected chi connectivity index (χ1v) is 6.87. The minimum absolute atomic E-state index is 0.105. The average Bonchev–Trinajstić information content (AvgIpc) is 2.89. The second kappa shape index (κ2) is 6.04. The third-order valence-corrected chi connectivity index (χ3v) is 3.64. The molecule has 1 atom stereocenters. The van der Waals surface area contributed by atoms with Gasteiger partial charge in [-0.25, -0.2) is 8.78 Å². The quantitative estimate of drug-likeness (QED) is 0.944. The van der Waals surface area contributed by atoms with Gasteiger partial charge in [0.05, 0.1) is 11.7 Å². The molecule has 1 amide bonds. The number of amides is 1. The zero-order valence-corrected chi connectivity index (χ0v) is 11.8. The van der Waals surface area contributed by atoms with Crippen molar-refractivity contribution < 1.29 is 13.6 Å². The highest BCUT2D eigenvalue weighted by atomic mass is 32.1. The van der Waals surface area contributed by atoms with E-state index in [0.717, 1.165) is 29.7 Å². The van der Waals surface area contributed by atoms with Crippen LogP contribution in [0.1, 0.15) is 40.8 Å². The molecule has 20 heavy (non-hydrogen) atoms. The minimum atomic E-state index is -0.648. The number of benzene rings is 1. The van der Waals surface area contributed by atoms with Gasteiger partial charge in [0.25, 0.3) is 5.91 Å². The number of carbonyl (C=O) groups is 1. The van der Waals surface area contributed by atoms with Crippen molar-refractivity contribution in [3.05, 3.63) is 46.0 Å². The molecule has 0 aliphatic heterocycles.